The zero-order valence-corrected chi connectivity index (χ0v) is 10.1. The van der Waals surface area contributed by atoms with Crippen molar-refractivity contribution in [3.05, 3.63) is 53.6 Å². The zero-order chi connectivity index (χ0) is 13.8. The van der Waals surface area contributed by atoms with Gasteiger partial charge in [-0.25, -0.2) is 8.78 Å². The fraction of sp³-hybridized carbons (Fsp3) is 0.0714. The molecule has 0 bridgehead atoms. The average Bonchev–Trinajstić information content (AvgIpc) is 2.39. The molecule has 2 aromatic rings. The summed E-state index contributed by atoms with van der Waals surface area (Å²) in [5.74, 6) is -1.22. The van der Waals surface area contributed by atoms with Gasteiger partial charge >= 0.3 is 0 Å². The van der Waals surface area contributed by atoms with E-state index in [9.17, 15) is 13.9 Å². The number of para-hydroxylation sites is 1. The number of ether oxygens (including phenoxy) is 1. The molecular weight excluding hydrogens is 252 g/mol. The van der Waals surface area contributed by atoms with Gasteiger partial charge in [-0.2, -0.15) is 0 Å². The number of halogens is 2. The Labute approximate surface area is 108 Å². The third-order valence-corrected chi connectivity index (χ3v) is 2.50. The Kier molecular flexibility index (Phi) is 3.75. The first-order chi connectivity index (χ1) is 9.11. The molecule has 1 N–H and O–H groups in total. The lowest BCUT2D eigenvalue weighted by molar-refractivity contribution is 0.373. The van der Waals surface area contributed by atoms with Gasteiger partial charge in [0.1, 0.15) is 5.82 Å². The molecule has 0 radical (unpaired) electrons. The summed E-state index contributed by atoms with van der Waals surface area (Å²) in [5.41, 5.74) is 0.367. The first-order valence-electron chi connectivity index (χ1n) is 5.47. The number of aliphatic imine (C=N–C) groups is 1. The highest BCUT2D eigenvalue weighted by atomic mass is 19.1. The molecule has 0 amide bonds. The SMILES string of the molecule is COc1cccc(C=Nc2ccc(F)cc2F)c1O. The maximum atomic E-state index is 13.4. The van der Waals surface area contributed by atoms with Crippen molar-refractivity contribution in [1.82, 2.24) is 0 Å². The van der Waals surface area contributed by atoms with Crippen LogP contribution >= 0.6 is 0 Å². The summed E-state index contributed by atoms with van der Waals surface area (Å²) in [6, 6.07) is 7.94. The second-order valence-corrected chi connectivity index (χ2v) is 3.75. The molecule has 0 atom stereocenters. The van der Waals surface area contributed by atoms with E-state index in [4.69, 9.17) is 4.74 Å². The highest BCUT2D eigenvalue weighted by molar-refractivity contribution is 5.86. The first kappa shape index (κ1) is 13.0. The van der Waals surface area contributed by atoms with Crippen LogP contribution in [0.15, 0.2) is 41.4 Å². The Hall–Kier alpha value is -2.43. The fourth-order valence-corrected chi connectivity index (χ4v) is 1.53. The normalized spacial score (nSPS) is 10.9. The van der Waals surface area contributed by atoms with Crippen LogP contribution in [0.5, 0.6) is 11.5 Å². The van der Waals surface area contributed by atoms with Crippen molar-refractivity contribution in [1.29, 1.82) is 0 Å². The number of hydrogen-bond donors (Lipinski definition) is 1. The van der Waals surface area contributed by atoms with Crippen molar-refractivity contribution in [3.8, 4) is 11.5 Å². The Bertz CT molecular complexity index is 627. The number of benzene rings is 2. The topological polar surface area (TPSA) is 41.8 Å². The number of methoxy groups -OCH3 is 1. The molecule has 0 unspecified atom stereocenters. The quantitative estimate of drug-likeness (QED) is 0.862. The van der Waals surface area contributed by atoms with Gasteiger partial charge in [0.25, 0.3) is 0 Å². The van der Waals surface area contributed by atoms with E-state index in [1.54, 1.807) is 18.2 Å². The predicted molar refractivity (Wildman–Crippen MR) is 68.3 cm³/mol. The maximum absolute atomic E-state index is 13.4. The van der Waals surface area contributed by atoms with Gasteiger partial charge in [-0.15, -0.1) is 0 Å². The second kappa shape index (κ2) is 5.48. The minimum Gasteiger partial charge on any atom is -0.504 e. The van der Waals surface area contributed by atoms with E-state index in [0.29, 0.717) is 11.3 Å². The van der Waals surface area contributed by atoms with Gasteiger partial charge in [0.15, 0.2) is 17.3 Å². The van der Waals surface area contributed by atoms with Crippen molar-refractivity contribution < 1.29 is 18.6 Å². The van der Waals surface area contributed by atoms with Crippen LogP contribution in [0.3, 0.4) is 0 Å². The molecule has 0 saturated heterocycles. The summed E-state index contributed by atoms with van der Waals surface area (Å²) in [5, 5.41) is 9.81. The lowest BCUT2D eigenvalue weighted by atomic mass is 10.2. The van der Waals surface area contributed by atoms with Gasteiger partial charge in [0.05, 0.1) is 12.8 Å². The van der Waals surface area contributed by atoms with Gasteiger partial charge in [-0.3, -0.25) is 4.99 Å². The van der Waals surface area contributed by atoms with Crippen LogP contribution in [-0.2, 0) is 0 Å². The molecule has 0 aliphatic heterocycles. The summed E-state index contributed by atoms with van der Waals surface area (Å²) in [4.78, 5) is 3.87. The number of aromatic hydroxyl groups is 1. The third kappa shape index (κ3) is 2.88. The Balaban J connectivity index is 2.32. The molecule has 3 nitrogen and oxygen atoms in total. The van der Waals surface area contributed by atoms with Gasteiger partial charge in [-0.1, -0.05) is 6.07 Å². The number of phenols is 1. The van der Waals surface area contributed by atoms with E-state index in [0.717, 1.165) is 12.1 Å². The highest BCUT2D eigenvalue weighted by Gasteiger charge is 2.06. The number of nitrogens with zero attached hydrogens (tertiary/aromatic N) is 1. The Morgan fingerprint density at radius 2 is 2.00 bits per heavy atom. The van der Waals surface area contributed by atoms with E-state index in [2.05, 4.69) is 4.99 Å². The van der Waals surface area contributed by atoms with Gasteiger partial charge in [0, 0.05) is 17.8 Å². The molecule has 0 fully saturated rings. The lowest BCUT2D eigenvalue weighted by Gasteiger charge is -2.04. The van der Waals surface area contributed by atoms with Crippen molar-refractivity contribution in [2.75, 3.05) is 7.11 Å². The average molecular weight is 263 g/mol. The number of hydrogen-bond acceptors (Lipinski definition) is 3. The van der Waals surface area contributed by atoms with Crippen LogP contribution in [0, 0.1) is 11.6 Å². The summed E-state index contributed by atoms with van der Waals surface area (Å²) in [7, 11) is 1.43. The molecule has 0 heterocycles. The molecule has 5 heteroatoms. The first-order valence-corrected chi connectivity index (χ1v) is 5.47. The maximum Gasteiger partial charge on any atom is 0.166 e. The van der Waals surface area contributed by atoms with E-state index < -0.39 is 11.6 Å². The van der Waals surface area contributed by atoms with Crippen LogP contribution in [0.1, 0.15) is 5.56 Å². The summed E-state index contributed by atoms with van der Waals surface area (Å²) >= 11 is 0. The molecule has 0 saturated carbocycles. The molecule has 19 heavy (non-hydrogen) atoms. The summed E-state index contributed by atoms with van der Waals surface area (Å²) in [6.07, 6.45) is 1.29. The number of phenolic OH excluding ortho intramolecular Hbond substituents is 1. The molecule has 98 valence electrons. The van der Waals surface area contributed by atoms with Crippen molar-refractivity contribution >= 4 is 11.9 Å². The van der Waals surface area contributed by atoms with E-state index in [-0.39, 0.29) is 11.4 Å². The van der Waals surface area contributed by atoms with Gasteiger partial charge in [0.2, 0.25) is 0 Å². The monoisotopic (exact) mass is 263 g/mol. The van der Waals surface area contributed by atoms with E-state index in [1.165, 1.54) is 19.4 Å². The Morgan fingerprint density at radius 1 is 1.21 bits per heavy atom. The van der Waals surface area contributed by atoms with Crippen LogP contribution in [0.25, 0.3) is 0 Å². The molecule has 0 aromatic heterocycles. The fourth-order valence-electron chi connectivity index (χ4n) is 1.53. The van der Waals surface area contributed by atoms with Crippen LogP contribution in [-0.4, -0.2) is 18.4 Å². The third-order valence-electron chi connectivity index (χ3n) is 2.50. The minimum absolute atomic E-state index is 0.0105. The van der Waals surface area contributed by atoms with Crippen molar-refractivity contribution in [2.45, 2.75) is 0 Å². The van der Waals surface area contributed by atoms with Crippen molar-refractivity contribution in [3.63, 3.8) is 0 Å². The van der Waals surface area contributed by atoms with Crippen LogP contribution in [0.2, 0.25) is 0 Å². The summed E-state index contributed by atoms with van der Waals surface area (Å²) < 4.78 is 31.0. The van der Waals surface area contributed by atoms with Crippen LogP contribution in [0.4, 0.5) is 14.5 Å². The minimum atomic E-state index is -0.765. The molecule has 0 aliphatic carbocycles. The predicted octanol–water partition coefficient (Wildman–Crippen LogP) is 3.43. The molecule has 2 rings (SSSR count). The standard InChI is InChI=1S/C14H11F2NO2/c1-19-13-4-2-3-9(14(13)18)8-17-12-6-5-10(15)7-11(12)16/h2-8,18H,1H3. The number of rotatable bonds is 3. The van der Waals surface area contributed by atoms with Crippen molar-refractivity contribution in [2.24, 2.45) is 4.99 Å². The molecule has 0 aliphatic rings. The van der Waals surface area contributed by atoms with Gasteiger partial charge < -0.3 is 9.84 Å². The van der Waals surface area contributed by atoms with Crippen LogP contribution < -0.4 is 4.74 Å². The van der Waals surface area contributed by atoms with E-state index >= 15 is 0 Å². The van der Waals surface area contributed by atoms with E-state index in [1.807, 2.05) is 0 Å². The largest absolute Gasteiger partial charge is 0.504 e. The molecule has 0 spiro atoms. The summed E-state index contributed by atoms with van der Waals surface area (Å²) in [6.45, 7) is 0. The molecular formula is C14H11F2NO2. The second-order valence-electron chi connectivity index (χ2n) is 3.75. The molecule has 2 aromatic carbocycles. The smallest absolute Gasteiger partial charge is 0.166 e. The Morgan fingerprint density at radius 3 is 2.68 bits per heavy atom. The highest BCUT2D eigenvalue weighted by Crippen LogP contribution is 2.28. The zero-order valence-electron chi connectivity index (χ0n) is 10.1. The van der Waals surface area contributed by atoms with Gasteiger partial charge in [-0.05, 0) is 24.3 Å². The lowest BCUT2D eigenvalue weighted by Crippen LogP contribution is -1.88.